The van der Waals surface area contributed by atoms with Crippen molar-refractivity contribution in [3.63, 3.8) is 0 Å². The summed E-state index contributed by atoms with van der Waals surface area (Å²) in [5, 5.41) is 2.75. The summed E-state index contributed by atoms with van der Waals surface area (Å²) >= 11 is 0. The van der Waals surface area contributed by atoms with E-state index in [9.17, 15) is 13.6 Å². The topological polar surface area (TPSA) is 64.4 Å². The Hall–Kier alpha value is -1.69. The molecular weight excluding hydrogens is 266 g/mol. The fourth-order valence-corrected chi connectivity index (χ4v) is 1.66. The maximum atomic E-state index is 12.1. The smallest absolute Gasteiger partial charge is 0.387 e. The molecule has 0 bridgehead atoms. The maximum absolute atomic E-state index is 12.1. The van der Waals surface area contributed by atoms with Crippen LogP contribution in [0, 0.1) is 5.92 Å². The third-order valence-electron chi connectivity index (χ3n) is 2.96. The van der Waals surface area contributed by atoms with E-state index in [4.69, 9.17) is 5.73 Å². The van der Waals surface area contributed by atoms with Gasteiger partial charge in [-0.3, -0.25) is 4.79 Å². The van der Waals surface area contributed by atoms with Crippen LogP contribution < -0.4 is 15.8 Å². The highest BCUT2D eigenvalue weighted by Crippen LogP contribution is 2.20. The van der Waals surface area contributed by atoms with Gasteiger partial charge in [0.15, 0.2) is 0 Å². The number of carbonyl (C=O) groups is 1. The first kappa shape index (κ1) is 16.4. The zero-order chi connectivity index (χ0) is 15.3. The fourth-order valence-electron chi connectivity index (χ4n) is 1.66. The van der Waals surface area contributed by atoms with Crippen molar-refractivity contribution in [3.8, 4) is 5.75 Å². The molecule has 0 radical (unpaired) electrons. The zero-order valence-electron chi connectivity index (χ0n) is 11.8. The van der Waals surface area contributed by atoms with Gasteiger partial charge in [0, 0.05) is 0 Å². The molecule has 0 heterocycles. The predicted molar refractivity (Wildman–Crippen MR) is 72.4 cm³/mol. The number of rotatable bonds is 6. The summed E-state index contributed by atoms with van der Waals surface area (Å²) in [5.41, 5.74) is 6.42. The minimum atomic E-state index is -2.87. The molecule has 1 amide bonds. The summed E-state index contributed by atoms with van der Waals surface area (Å²) in [6, 6.07) is 5.29. The Morgan fingerprint density at radius 2 is 1.95 bits per heavy atom. The summed E-state index contributed by atoms with van der Waals surface area (Å²) in [5.74, 6) is -0.185. The van der Waals surface area contributed by atoms with E-state index in [1.807, 2.05) is 13.8 Å². The Kier molecular flexibility index (Phi) is 5.88. The number of ether oxygens (including phenoxy) is 1. The van der Waals surface area contributed by atoms with Crippen LogP contribution in [0.2, 0.25) is 0 Å². The first-order valence-electron chi connectivity index (χ1n) is 6.42. The van der Waals surface area contributed by atoms with E-state index in [-0.39, 0.29) is 23.6 Å². The van der Waals surface area contributed by atoms with Gasteiger partial charge < -0.3 is 15.8 Å². The lowest BCUT2D eigenvalue weighted by Gasteiger charge is -2.20. The van der Waals surface area contributed by atoms with E-state index in [1.165, 1.54) is 12.1 Å². The lowest BCUT2D eigenvalue weighted by Crippen LogP contribution is -2.44. The normalized spacial score (nSPS) is 14.2. The molecule has 6 heteroatoms. The van der Waals surface area contributed by atoms with E-state index >= 15 is 0 Å². The standard InChI is InChI=1S/C14H20F2N2O2/c1-8(2)12(17)13(19)18-9(3)10-5-4-6-11(7-10)20-14(15)16/h4-9,12,14H,17H2,1-3H3,(H,18,19)/t9?,12-/m1/s1. The van der Waals surface area contributed by atoms with Crippen molar-refractivity contribution in [3.05, 3.63) is 29.8 Å². The Morgan fingerprint density at radius 1 is 1.30 bits per heavy atom. The first-order valence-corrected chi connectivity index (χ1v) is 6.42. The molecule has 112 valence electrons. The quantitative estimate of drug-likeness (QED) is 0.844. The molecule has 1 unspecified atom stereocenters. The Morgan fingerprint density at radius 3 is 2.50 bits per heavy atom. The Labute approximate surface area is 117 Å². The van der Waals surface area contributed by atoms with Gasteiger partial charge in [0.25, 0.3) is 0 Å². The van der Waals surface area contributed by atoms with E-state index in [0.717, 1.165) is 0 Å². The summed E-state index contributed by atoms with van der Waals surface area (Å²) < 4.78 is 28.6. The second-order valence-corrected chi connectivity index (χ2v) is 4.95. The number of hydrogen-bond acceptors (Lipinski definition) is 3. The average Bonchev–Trinajstić information content (AvgIpc) is 2.37. The lowest BCUT2D eigenvalue weighted by atomic mass is 10.0. The van der Waals surface area contributed by atoms with Crippen molar-refractivity contribution >= 4 is 5.91 Å². The van der Waals surface area contributed by atoms with Crippen LogP contribution in [0.15, 0.2) is 24.3 Å². The molecule has 3 N–H and O–H groups in total. The number of nitrogens with two attached hydrogens (primary N) is 1. The van der Waals surface area contributed by atoms with Crippen molar-refractivity contribution < 1.29 is 18.3 Å². The predicted octanol–water partition coefficient (Wildman–Crippen LogP) is 2.45. The molecule has 20 heavy (non-hydrogen) atoms. The molecule has 0 aliphatic rings. The molecule has 0 aliphatic heterocycles. The molecule has 0 aliphatic carbocycles. The minimum Gasteiger partial charge on any atom is -0.435 e. The summed E-state index contributed by atoms with van der Waals surface area (Å²) in [4.78, 5) is 11.8. The molecule has 1 rings (SSSR count). The Balaban J connectivity index is 2.72. The highest BCUT2D eigenvalue weighted by molar-refractivity contribution is 5.82. The van der Waals surface area contributed by atoms with Gasteiger partial charge in [0.05, 0.1) is 12.1 Å². The number of halogens is 2. The highest BCUT2D eigenvalue weighted by Gasteiger charge is 2.19. The minimum absolute atomic E-state index is 0.0238. The fraction of sp³-hybridized carbons (Fsp3) is 0.500. The van der Waals surface area contributed by atoms with Crippen molar-refractivity contribution in [1.82, 2.24) is 5.32 Å². The van der Waals surface area contributed by atoms with Gasteiger partial charge in [-0.05, 0) is 30.5 Å². The van der Waals surface area contributed by atoms with Crippen LogP contribution in [0.25, 0.3) is 0 Å². The SMILES string of the molecule is CC(NC(=O)[C@H](N)C(C)C)c1cccc(OC(F)F)c1. The third-order valence-corrected chi connectivity index (χ3v) is 2.96. The van der Waals surface area contributed by atoms with Gasteiger partial charge in [-0.1, -0.05) is 26.0 Å². The molecule has 0 aromatic heterocycles. The second kappa shape index (κ2) is 7.19. The van der Waals surface area contributed by atoms with Crippen LogP contribution in [0.4, 0.5) is 8.78 Å². The Bertz CT molecular complexity index is 453. The molecular formula is C14H20F2N2O2. The van der Waals surface area contributed by atoms with Crippen molar-refractivity contribution in [2.24, 2.45) is 11.7 Å². The largest absolute Gasteiger partial charge is 0.435 e. The molecule has 1 aromatic carbocycles. The summed E-state index contributed by atoms with van der Waals surface area (Å²) in [7, 11) is 0. The lowest BCUT2D eigenvalue weighted by molar-refractivity contribution is -0.123. The van der Waals surface area contributed by atoms with Crippen LogP contribution in [0.5, 0.6) is 5.75 Å². The van der Waals surface area contributed by atoms with Gasteiger partial charge in [-0.2, -0.15) is 8.78 Å². The number of carbonyl (C=O) groups excluding carboxylic acids is 1. The highest BCUT2D eigenvalue weighted by atomic mass is 19.3. The van der Waals surface area contributed by atoms with Crippen molar-refractivity contribution in [1.29, 1.82) is 0 Å². The molecule has 1 aromatic rings. The number of benzene rings is 1. The van der Waals surface area contributed by atoms with Crippen LogP contribution >= 0.6 is 0 Å². The van der Waals surface area contributed by atoms with Gasteiger partial charge >= 0.3 is 6.61 Å². The molecule has 0 saturated heterocycles. The number of alkyl halides is 2. The van der Waals surface area contributed by atoms with Crippen LogP contribution in [0.1, 0.15) is 32.4 Å². The first-order chi connectivity index (χ1) is 9.31. The molecule has 0 fully saturated rings. The number of hydrogen-bond donors (Lipinski definition) is 2. The van der Waals surface area contributed by atoms with E-state index in [0.29, 0.717) is 5.56 Å². The third kappa shape index (κ3) is 4.77. The average molecular weight is 286 g/mol. The molecule has 0 spiro atoms. The number of amides is 1. The van der Waals surface area contributed by atoms with Crippen LogP contribution in [-0.4, -0.2) is 18.6 Å². The second-order valence-electron chi connectivity index (χ2n) is 4.95. The monoisotopic (exact) mass is 286 g/mol. The van der Waals surface area contributed by atoms with Crippen molar-refractivity contribution in [2.75, 3.05) is 0 Å². The van der Waals surface area contributed by atoms with Crippen molar-refractivity contribution in [2.45, 2.75) is 39.5 Å². The van der Waals surface area contributed by atoms with E-state index < -0.39 is 12.7 Å². The van der Waals surface area contributed by atoms with Crippen LogP contribution in [-0.2, 0) is 4.79 Å². The molecule has 2 atom stereocenters. The van der Waals surface area contributed by atoms with E-state index in [2.05, 4.69) is 10.1 Å². The number of nitrogens with one attached hydrogen (secondary N) is 1. The maximum Gasteiger partial charge on any atom is 0.387 e. The molecule has 4 nitrogen and oxygen atoms in total. The van der Waals surface area contributed by atoms with Gasteiger partial charge in [0.1, 0.15) is 5.75 Å². The van der Waals surface area contributed by atoms with Crippen LogP contribution in [0.3, 0.4) is 0 Å². The van der Waals surface area contributed by atoms with Gasteiger partial charge in [0.2, 0.25) is 5.91 Å². The van der Waals surface area contributed by atoms with Gasteiger partial charge in [-0.25, -0.2) is 0 Å². The summed E-state index contributed by atoms with van der Waals surface area (Å²) in [6.45, 7) is 2.59. The zero-order valence-corrected chi connectivity index (χ0v) is 11.8. The van der Waals surface area contributed by atoms with E-state index in [1.54, 1.807) is 19.1 Å². The summed E-state index contributed by atoms with van der Waals surface area (Å²) in [6.07, 6.45) is 0. The van der Waals surface area contributed by atoms with Gasteiger partial charge in [-0.15, -0.1) is 0 Å². The molecule has 0 saturated carbocycles.